The fourth-order valence-corrected chi connectivity index (χ4v) is 3.03. The van der Waals surface area contributed by atoms with Crippen LogP contribution in [0.2, 0.25) is 0 Å². The largest absolute Gasteiger partial charge is 0.391 e. The Morgan fingerprint density at radius 2 is 2.06 bits per heavy atom. The number of nitrogens with zero attached hydrogens (tertiary/aromatic N) is 1. The van der Waals surface area contributed by atoms with Gasteiger partial charge in [0.05, 0.1) is 12.7 Å². The summed E-state index contributed by atoms with van der Waals surface area (Å²) in [5.74, 6) is 0.865. The van der Waals surface area contributed by atoms with Crippen LogP contribution in [0.1, 0.15) is 39.0 Å². The Balaban J connectivity index is 1.94. The van der Waals surface area contributed by atoms with E-state index in [1.165, 1.54) is 19.3 Å². The van der Waals surface area contributed by atoms with Gasteiger partial charge in [0.2, 0.25) is 0 Å². The van der Waals surface area contributed by atoms with Gasteiger partial charge in [0.1, 0.15) is 0 Å². The summed E-state index contributed by atoms with van der Waals surface area (Å²) in [7, 11) is 1.76. The molecule has 16 heavy (non-hydrogen) atoms. The Labute approximate surface area is 98.8 Å². The van der Waals surface area contributed by atoms with E-state index in [0.29, 0.717) is 12.1 Å². The molecule has 0 aromatic heterocycles. The van der Waals surface area contributed by atoms with Gasteiger partial charge >= 0.3 is 0 Å². The van der Waals surface area contributed by atoms with Crippen LogP contribution in [0.15, 0.2) is 0 Å². The van der Waals surface area contributed by atoms with Crippen LogP contribution in [0.5, 0.6) is 0 Å². The zero-order valence-corrected chi connectivity index (χ0v) is 10.6. The Bertz CT molecular complexity index is 218. The lowest BCUT2D eigenvalue weighted by Gasteiger charge is -2.36. The minimum atomic E-state index is -0.113. The van der Waals surface area contributed by atoms with Crippen LogP contribution in [0.3, 0.4) is 0 Å². The van der Waals surface area contributed by atoms with Crippen molar-refractivity contribution in [3.8, 4) is 0 Å². The van der Waals surface area contributed by atoms with Gasteiger partial charge in [-0.2, -0.15) is 0 Å². The van der Waals surface area contributed by atoms with Crippen LogP contribution < -0.4 is 0 Å². The number of methoxy groups -OCH3 is 1. The molecule has 3 nitrogen and oxygen atoms in total. The molecule has 0 spiro atoms. The molecule has 0 aromatic rings. The van der Waals surface area contributed by atoms with Crippen molar-refractivity contribution < 1.29 is 9.84 Å². The summed E-state index contributed by atoms with van der Waals surface area (Å²) in [6, 6.07) is 0.999. The summed E-state index contributed by atoms with van der Waals surface area (Å²) in [5, 5.41) is 10.0. The van der Waals surface area contributed by atoms with Gasteiger partial charge in [-0.25, -0.2) is 0 Å². The first kappa shape index (κ1) is 12.3. The summed E-state index contributed by atoms with van der Waals surface area (Å²) >= 11 is 0. The molecule has 2 saturated carbocycles. The Morgan fingerprint density at radius 3 is 2.56 bits per heavy atom. The van der Waals surface area contributed by atoms with Crippen molar-refractivity contribution in [2.75, 3.05) is 20.3 Å². The fraction of sp³-hybridized carbons (Fsp3) is 1.00. The van der Waals surface area contributed by atoms with Crippen molar-refractivity contribution in [2.45, 2.75) is 57.2 Å². The van der Waals surface area contributed by atoms with Gasteiger partial charge in [-0.15, -0.1) is 0 Å². The van der Waals surface area contributed by atoms with E-state index in [1.54, 1.807) is 7.11 Å². The lowest BCUT2D eigenvalue weighted by atomic mass is 10.1. The highest BCUT2D eigenvalue weighted by molar-refractivity contribution is 4.92. The molecule has 0 radical (unpaired) electrons. The van der Waals surface area contributed by atoms with E-state index in [4.69, 9.17) is 4.74 Å². The van der Waals surface area contributed by atoms with Gasteiger partial charge in [0.25, 0.3) is 0 Å². The minimum absolute atomic E-state index is 0.113. The van der Waals surface area contributed by atoms with Crippen LogP contribution in [0.25, 0.3) is 0 Å². The second-order valence-corrected chi connectivity index (χ2v) is 5.37. The van der Waals surface area contributed by atoms with Crippen molar-refractivity contribution in [2.24, 2.45) is 5.92 Å². The van der Waals surface area contributed by atoms with Gasteiger partial charge < -0.3 is 9.84 Å². The number of rotatable bonds is 6. The average molecular weight is 227 g/mol. The second kappa shape index (κ2) is 5.48. The first-order valence-corrected chi connectivity index (χ1v) is 6.66. The summed E-state index contributed by atoms with van der Waals surface area (Å²) in [4.78, 5) is 2.50. The molecule has 1 N–H and O–H groups in total. The number of hydrogen-bond acceptors (Lipinski definition) is 3. The zero-order chi connectivity index (χ0) is 11.5. The Hall–Kier alpha value is -0.120. The molecule has 2 aliphatic rings. The monoisotopic (exact) mass is 227 g/mol. The van der Waals surface area contributed by atoms with E-state index in [1.807, 2.05) is 0 Å². The zero-order valence-electron chi connectivity index (χ0n) is 10.6. The molecule has 3 atom stereocenters. The predicted octanol–water partition coefficient (Wildman–Crippen LogP) is 1.65. The van der Waals surface area contributed by atoms with Crippen LogP contribution in [-0.2, 0) is 4.74 Å². The van der Waals surface area contributed by atoms with E-state index in [2.05, 4.69) is 11.8 Å². The van der Waals surface area contributed by atoms with E-state index < -0.39 is 0 Å². The molecule has 2 aliphatic carbocycles. The quantitative estimate of drug-likeness (QED) is 0.749. The van der Waals surface area contributed by atoms with Gasteiger partial charge in [-0.05, 0) is 44.9 Å². The fourth-order valence-electron chi connectivity index (χ4n) is 3.03. The maximum absolute atomic E-state index is 10.0. The molecule has 2 rings (SSSR count). The molecular formula is C13H25NO2. The van der Waals surface area contributed by atoms with Crippen molar-refractivity contribution in [3.05, 3.63) is 0 Å². The first-order chi connectivity index (χ1) is 7.74. The van der Waals surface area contributed by atoms with E-state index in [-0.39, 0.29) is 6.10 Å². The molecule has 0 aliphatic heterocycles. The molecule has 0 bridgehead atoms. The maximum atomic E-state index is 10.0. The molecule has 3 heteroatoms. The average Bonchev–Trinajstić information content (AvgIpc) is 3.04. The third kappa shape index (κ3) is 2.76. The summed E-state index contributed by atoms with van der Waals surface area (Å²) < 4.78 is 5.19. The Kier molecular flexibility index (Phi) is 4.22. The molecule has 0 heterocycles. The lowest BCUT2D eigenvalue weighted by molar-refractivity contribution is 0.0241. The molecule has 0 aromatic carbocycles. The first-order valence-electron chi connectivity index (χ1n) is 6.66. The summed E-state index contributed by atoms with van der Waals surface area (Å²) in [6.45, 7) is 4.06. The second-order valence-electron chi connectivity index (χ2n) is 5.37. The smallest absolute Gasteiger partial charge is 0.0695 e. The summed E-state index contributed by atoms with van der Waals surface area (Å²) in [6.07, 6.45) is 5.93. The van der Waals surface area contributed by atoms with Gasteiger partial charge in [-0.1, -0.05) is 0 Å². The van der Waals surface area contributed by atoms with Crippen molar-refractivity contribution in [1.82, 2.24) is 4.90 Å². The highest BCUT2D eigenvalue weighted by atomic mass is 16.5. The van der Waals surface area contributed by atoms with E-state index >= 15 is 0 Å². The molecular weight excluding hydrogens is 202 g/mol. The Morgan fingerprint density at radius 1 is 1.31 bits per heavy atom. The number of aliphatic hydroxyl groups excluding tert-OH is 1. The van der Waals surface area contributed by atoms with Crippen molar-refractivity contribution in [3.63, 3.8) is 0 Å². The van der Waals surface area contributed by atoms with Crippen molar-refractivity contribution in [1.29, 1.82) is 0 Å². The topological polar surface area (TPSA) is 32.7 Å². The molecule has 0 amide bonds. The van der Waals surface area contributed by atoms with Gasteiger partial charge in [0.15, 0.2) is 0 Å². The number of hydrogen-bond donors (Lipinski definition) is 1. The van der Waals surface area contributed by atoms with Crippen LogP contribution in [0, 0.1) is 5.92 Å². The van der Waals surface area contributed by atoms with Crippen molar-refractivity contribution >= 4 is 0 Å². The van der Waals surface area contributed by atoms with Crippen LogP contribution in [0.4, 0.5) is 0 Å². The predicted molar refractivity (Wildman–Crippen MR) is 64.4 cm³/mol. The third-order valence-corrected chi connectivity index (χ3v) is 4.25. The highest BCUT2D eigenvalue weighted by Crippen LogP contribution is 2.37. The maximum Gasteiger partial charge on any atom is 0.0695 e. The van der Waals surface area contributed by atoms with Gasteiger partial charge in [-0.3, -0.25) is 4.90 Å². The van der Waals surface area contributed by atoms with E-state index in [0.717, 1.165) is 31.9 Å². The highest BCUT2D eigenvalue weighted by Gasteiger charge is 2.38. The molecule has 0 saturated heterocycles. The minimum Gasteiger partial charge on any atom is -0.391 e. The molecule has 1 unspecified atom stereocenters. The number of aliphatic hydroxyl groups is 1. The molecule has 2 fully saturated rings. The van der Waals surface area contributed by atoms with Crippen LogP contribution >= 0.6 is 0 Å². The SMILES string of the molecule is COCCN(C(C)C1CC1)[C@@H]1CCC[C@H]1O. The summed E-state index contributed by atoms with van der Waals surface area (Å²) in [5.41, 5.74) is 0. The standard InChI is InChI=1S/C13H25NO2/c1-10(11-6-7-11)14(8-9-16-2)12-4-3-5-13(12)15/h10-13,15H,3-9H2,1-2H3/t10?,12-,13-/m1/s1. The number of ether oxygens (including phenoxy) is 1. The molecule has 94 valence electrons. The van der Waals surface area contributed by atoms with Gasteiger partial charge in [0, 0.05) is 25.7 Å². The normalized spacial score (nSPS) is 32.2. The van der Waals surface area contributed by atoms with E-state index in [9.17, 15) is 5.11 Å². The van der Waals surface area contributed by atoms with Crippen LogP contribution in [-0.4, -0.2) is 48.5 Å². The third-order valence-electron chi connectivity index (χ3n) is 4.25. The lowest BCUT2D eigenvalue weighted by Crippen LogP contribution is -2.48.